The van der Waals surface area contributed by atoms with Gasteiger partial charge in [-0.3, -0.25) is 9.59 Å². The smallest absolute Gasteiger partial charge is 0.290 e. The lowest BCUT2D eigenvalue weighted by molar-refractivity contribution is -0.129. The van der Waals surface area contributed by atoms with Gasteiger partial charge in [0.15, 0.2) is 22.9 Å². The van der Waals surface area contributed by atoms with Crippen LogP contribution in [0.4, 0.5) is 0 Å². The molecule has 7 heteroatoms. The fourth-order valence-electron chi connectivity index (χ4n) is 4.43. The Morgan fingerprint density at radius 2 is 1.86 bits per heavy atom. The topological polar surface area (TPSA) is 89.2 Å². The summed E-state index contributed by atoms with van der Waals surface area (Å²) in [5, 5.41) is 11.5. The fraction of sp³-hybridized carbons (Fsp3) is 0.357. The number of aliphatic hydroxyl groups is 1. The van der Waals surface area contributed by atoms with Crippen LogP contribution in [-0.4, -0.2) is 42.0 Å². The number of ether oxygens (including phenoxy) is 2. The molecule has 0 fully saturated rings. The summed E-state index contributed by atoms with van der Waals surface area (Å²) >= 11 is 0. The molecule has 35 heavy (non-hydrogen) atoms. The van der Waals surface area contributed by atoms with Gasteiger partial charge < -0.3 is 23.9 Å². The van der Waals surface area contributed by atoms with Gasteiger partial charge in [0.2, 0.25) is 5.78 Å². The number of aliphatic hydroxyl groups excluding tert-OH is 1. The lowest BCUT2D eigenvalue weighted by Gasteiger charge is -2.26. The van der Waals surface area contributed by atoms with E-state index < -0.39 is 23.5 Å². The molecule has 2 aromatic carbocycles. The number of rotatable bonds is 11. The first-order chi connectivity index (χ1) is 17.0. The number of benzene rings is 2. The third-order valence-electron chi connectivity index (χ3n) is 6.18. The monoisotopic (exact) mass is 477 g/mol. The second-order valence-electron chi connectivity index (χ2n) is 8.61. The van der Waals surface area contributed by atoms with Crippen molar-refractivity contribution in [1.29, 1.82) is 0 Å². The largest absolute Gasteiger partial charge is 0.503 e. The van der Waals surface area contributed by atoms with Crippen molar-refractivity contribution in [2.75, 3.05) is 20.3 Å². The van der Waals surface area contributed by atoms with Crippen LogP contribution < -0.4 is 9.47 Å². The zero-order valence-electron chi connectivity index (χ0n) is 20.4. The number of carbonyl (C=O) groups excluding carboxylic acids is 2. The number of carbonyl (C=O) groups is 2. The van der Waals surface area contributed by atoms with Crippen LogP contribution in [0.3, 0.4) is 0 Å². The Morgan fingerprint density at radius 1 is 1.09 bits per heavy atom. The van der Waals surface area contributed by atoms with Crippen molar-refractivity contribution < 1.29 is 28.6 Å². The highest BCUT2D eigenvalue weighted by atomic mass is 16.5. The Labute approximate surface area is 204 Å². The summed E-state index contributed by atoms with van der Waals surface area (Å²) in [6.45, 7) is 5.12. The molecule has 1 unspecified atom stereocenters. The van der Waals surface area contributed by atoms with Gasteiger partial charge in [-0.2, -0.15) is 0 Å². The Hall–Kier alpha value is -3.74. The zero-order valence-corrected chi connectivity index (χ0v) is 20.4. The lowest BCUT2D eigenvalue weighted by atomic mass is 9.95. The van der Waals surface area contributed by atoms with Crippen molar-refractivity contribution in [3.63, 3.8) is 0 Å². The molecule has 1 aliphatic heterocycles. The molecule has 0 bridgehead atoms. The van der Waals surface area contributed by atoms with E-state index in [1.807, 2.05) is 37.3 Å². The minimum absolute atomic E-state index is 0.0121. The summed E-state index contributed by atoms with van der Waals surface area (Å²) < 4.78 is 17.0. The lowest BCUT2D eigenvalue weighted by Crippen LogP contribution is -2.31. The summed E-state index contributed by atoms with van der Waals surface area (Å²) in [4.78, 5) is 28.1. The van der Waals surface area contributed by atoms with Crippen LogP contribution in [0.15, 0.2) is 64.3 Å². The number of hydrogen-bond donors (Lipinski definition) is 1. The summed E-state index contributed by atoms with van der Waals surface area (Å²) in [5.41, 5.74) is 1.17. The van der Waals surface area contributed by atoms with E-state index in [4.69, 9.17) is 13.9 Å². The number of hydrogen-bond acceptors (Lipinski definition) is 6. The van der Waals surface area contributed by atoms with E-state index >= 15 is 0 Å². The van der Waals surface area contributed by atoms with Gasteiger partial charge in [-0.25, -0.2) is 0 Å². The first-order valence-electron chi connectivity index (χ1n) is 12.1. The maximum Gasteiger partial charge on any atom is 0.290 e. The predicted molar refractivity (Wildman–Crippen MR) is 133 cm³/mol. The second-order valence-corrected chi connectivity index (χ2v) is 8.61. The Kier molecular flexibility index (Phi) is 7.44. The molecule has 7 nitrogen and oxygen atoms in total. The Morgan fingerprint density at radius 3 is 2.54 bits per heavy atom. The molecule has 1 amide bonds. The highest BCUT2D eigenvalue weighted by Crippen LogP contribution is 2.40. The molecule has 3 aromatic rings. The number of unbranched alkanes of at least 4 members (excludes halogenated alkanes) is 2. The van der Waals surface area contributed by atoms with Gasteiger partial charge in [0.1, 0.15) is 5.75 Å². The predicted octanol–water partition coefficient (Wildman–Crippen LogP) is 6.00. The number of nitrogens with zero attached hydrogens (tertiary/aromatic N) is 1. The SMILES string of the molecule is CCCCCOc1ccc(C2C(C(=O)c3cc4cccc(OC)c4o3)=C(O)C(=O)N2CCC)cc1. The molecular weight excluding hydrogens is 446 g/mol. The van der Waals surface area contributed by atoms with Gasteiger partial charge in [-0.15, -0.1) is 0 Å². The third kappa shape index (κ3) is 4.76. The number of amides is 1. The molecule has 0 saturated carbocycles. The van der Waals surface area contributed by atoms with Crippen molar-refractivity contribution in [3.8, 4) is 11.5 Å². The van der Waals surface area contributed by atoms with Crippen LogP contribution in [0.5, 0.6) is 11.5 Å². The maximum absolute atomic E-state index is 13.6. The average molecular weight is 478 g/mol. The van der Waals surface area contributed by atoms with Crippen molar-refractivity contribution in [2.45, 2.75) is 45.6 Å². The second kappa shape index (κ2) is 10.7. The van der Waals surface area contributed by atoms with Crippen molar-refractivity contribution >= 4 is 22.7 Å². The molecule has 184 valence electrons. The number of para-hydroxylation sites is 1. The number of Topliss-reactive ketones (excluding diaryl/α,β-unsaturated/α-hetero) is 1. The summed E-state index contributed by atoms with van der Waals surface area (Å²) in [7, 11) is 1.53. The van der Waals surface area contributed by atoms with Crippen LogP contribution in [-0.2, 0) is 4.79 Å². The van der Waals surface area contributed by atoms with Crippen LogP contribution >= 0.6 is 0 Å². The van der Waals surface area contributed by atoms with Crippen LogP contribution in [0.25, 0.3) is 11.0 Å². The summed E-state index contributed by atoms with van der Waals surface area (Å²) in [6.07, 6.45) is 3.89. The summed E-state index contributed by atoms with van der Waals surface area (Å²) in [6, 6.07) is 13.6. The van der Waals surface area contributed by atoms with Crippen molar-refractivity contribution in [3.05, 3.63) is 71.2 Å². The quantitative estimate of drug-likeness (QED) is 0.269. The Balaban J connectivity index is 1.68. The fourth-order valence-corrected chi connectivity index (χ4v) is 4.43. The number of fused-ring (bicyclic) bond motifs is 1. The minimum Gasteiger partial charge on any atom is -0.503 e. The van der Waals surface area contributed by atoms with E-state index in [0.29, 0.717) is 41.9 Å². The standard InChI is InChI=1S/C28H31NO6/c1-4-6-7-16-34-20-13-11-18(12-14-20)24-23(26(31)28(32)29(24)15-5-2)25(30)22-17-19-9-8-10-21(33-3)27(19)35-22/h8-14,17,24,31H,4-7,15-16H2,1-3H3. The van der Waals surface area contributed by atoms with Gasteiger partial charge in [-0.1, -0.05) is 51.0 Å². The normalized spacial score (nSPS) is 15.8. The van der Waals surface area contributed by atoms with E-state index in [-0.39, 0.29) is 11.3 Å². The minimum atomic E-state index is -0.723. The first-order valence-corrected chi connectivity index (χ1v) is 12.1. The van der Waals surface area contributed by atoms with Crippen LogP contribution in [0.2, 0.25) is 0 Å². The number of furan rings is 1. The summed E-state index contributed by atoms with van der Waals surface area (Å²) in [5.74, 6) is -0.368. The van der Waals surface area contributed by atoms with E-state index in [1.54, 1.807) is 18.2 Å². The zero-order chi connectivity index (χ0) is 24.9. The van der Waals surface area contributed by atoms with Crippen molar-refractivity contribution in [1.82, 2.24) is 4.90 Å². The maximum atomic E-state index is 13.6. The molecular formula is C28H31NO6. The number of ketones is 1. The number of methoxy groups -OCH3 is 1. The van der Waals surface area contributed by atoms with Gasteiger partial charge in [-0.05, 0) is 42.7 Å². The molecule has 2 heterocycles. The van der Waals surface area contributed by atoms with Gasteiger partial charge >= 0.3 is 0 Å². The molecule has 0 spiro atoms. The molecule has 1 N–H and O–H groups in total. The van der Waals surface area contributed by atoms with Crippen molar-refractivity contribution in [2.24, 2.45) is 0 Å². The van der Waals surface area contributed by atoms with E-state index in [1.165, 1.54) is 12.0 Å². The Bertz CT molecular complexity index is 1240. The highest BCUT2D eigenvalue weighted by molar-refractivity contribution is 6.16. The molecule has 0 aliphatic carbocycles. The highest BCUT2D eigenvalue weighted by Gasteiger charge is 2.44. The van der Waals surface area contributed by atoms with E-state index in [0.717, 1.165) is 25.0 Å². The van der Waals surface area contributed by atoms with E-state index in [9.17, 15) is 14.7 Å². The van der Waals surface area contributed by atoms with Crippen LogP contribution in [0, 0.1) is 0 Å². The van der Waals surface area contributed by atoms with Gasteiger partial charge in [0.25, 0.3) is 5.91 Å². The van der Waals surface area contributed by atoms with E-state index in [2.05, 4.69) is 6.92 Å². The van der Waals surface area contributed by atoms with Gasteiger partial charge in [0.05, 0.1) is 25.3 Å². The molecule has 1 aromatic heterocycles. The van der Waals surface area contributed by atoms with Crippen LogP contribution in [0.1, 0.15) is 61.7 Å². The molecule has 0 saturated heterocycles. The van der Waals surface area contributed by atoms with Gasteiger partial charge in [0, 0.05) is 11.9 Å². The molecule has 4 rings (SSSR count). The average Bonchev–Trinajstić information content (AvgIpc) is 3.42. The molecule has 1 atom stereocenters. The molecule has 0 radical (unpaired) electrons. The first kappa shape index (κ1) is 24.4. The molecule has 1 aliphatic rings. The third-order valence-corrected chi connectivity index (χ3v) is 6.18.